The minimum absolute atomic E-state index is 0.210. The lowest BCUT2D eigenvalue weighted by molar-refractivity contribution is -0.120. The number of carbonyl (C=O) groups is 1. The van der Waals surface area contributed by atoms with Crippen LogP contribution in [0, 0.1) is 0 Å². The van der Waals surface area contributed by atoms with Gasteiger partial charge in [-0.3, -0.25) is 9.69 Å². The second-order valence-corrected chi connectivity index (χ2v) is 7.50. The van der Waals surface area contributed by atoms with Gasteiger partial charge >= 0.3 is 0 Å². The number of ether oxygens (including phenoxy) is 1. The van der Waals surface area contributed by atoms with Crippen LogP contribution in [0.2, 0.25) is 0 Å². The van der Waals surface area contributed by atoms with E-state index < -0.39 is 0 Å². The molecule has 0 saturated carbocycles. The normalized spacial score (nSPS) is 15.1. The highest BCUT2D eigenvalue weighted by Gasteiger charge is 2.11. The third-order valence-corrected chi connectivity index (χ3v) is 5.21. The number of nitrogens with two attached hydrogens (primary N) is 1. The summed E-state index contributed by atoms with van der Waals surface area (Å²) in [6.07, 6.45) is 2.00. The molecule has 3 rings (SSSR count). The largest absolute Gasteiger partial charge is 0.384 e. The number of hydrogen-bond donors (Lipinski definition) is 2. The molecule has 8 heteroatoms. The maximum absolute atomic E-state index is 12.0. The fourth-order valence-corrected chi connectivity index (χ4v) is 3.34. The van der Waals surface area contributed by atoms with Gasteiger partial charge in [-0.1, -0.05) is 23.4 Å². The Morgan fingerprint density at radius 1 is 1.24 bits per heavy atom. The van der Waals surface area contributed by atoms with Crippen molar-refractivity contribution in [3.63, 3.8) is 0 Å². The van der Waals surface area contributed by atoms with E-state index in [1.807, 2.05) is 48.7 Å². The van der Waals surface area contributed by atoms with Crippen LogP contribution in [0.25, 0.3) is 0 Å². The van der Waals surface area contributed by atoms with Gasteiger partial charge < -0.3 is 20.6 Å². The summed E-state index contributed by atoms with van der Waals surface area (Å²) in [5, 5.41) is 6.65. The molecule has 29 heavy (non-hydrogen) atoms. The van der Waals surface area contributed by atoms with Gasteiger partial charge in [0.2, 0.25) is 0 Å². The van der Waals surface area contributed by atoms with Crippen molar-refractivity contribution in [2.24, 2.45) is 10.9 Å². The molecular weight excluding hydrogens is 388 g/mol. The molecule has 1 heterocycles. The number of rotatable bonds is 8. The lowest BCUT2D eigenvalue weighted by Crippen LogP contribution is -2.35. The number of morpholine rings is 1. The first-order chi connectivity index (χ1) is 14.1. The number of carbonyl (C=O) groups excluding carboxylic acids is 1. The second-order valence-electron chi connectivity index (χ2n) is 6.62. The van der Waals surface area contributed by atoms with Crippen molar-refractivity contribution >= 4 is 29.2 Å². The molecule has 0 aromatic heterocycles. The summed E-state index contributed by atoms with van der Waals surface area (Å²) >= 11 is 1.64. The van der Waals surface area contributed by atoms with E-state index in [4.69, 9.17) is 15.3 Å². The molecule has 0 atom stereocenters. The zero-order valence-corrected chi connectivity index (χ0v) is 17.3. The van der Waals surface area contributed by atoms with E-state index in [1.165, 1.54) is 0 Å². The van der Waals surface area contributed by atoms with Crippen molar-refractivity contribution < 1.29 is 14.4 Å². The first-order valence-electron chi connectivity index (χ1n) is 9.43. The molecule has 1 fully saturated rings. The van der Waals surface area contributed by atoms with E-state index in [9.17, 15) is 4.79 Å². The van der Waals surface area contributed by atoms with Crippen LogP contribution in [0.15, 0.2) is 58.6 Å². The molecule has 0 radical (unpaired) electrons. The summed E-state index contributed by atoms with van der Waals surface area (Å²) in [6, 6.07) is 15.5. The van der Waals surface area contributed by atoms with Crippen molar-refractivity contribution in [1.29, 1.82) is 0 Å². The van der Waals surface area contributed by atoms with Gasteiger partial charge in [0.25, 0.3) is 5.91 Å². The Balaban J connectivity index is 1.49. The topological polar surface area (TPSA) is 89.2 Å². The zero-order valence-electron chi connectivity index (χ0n) is 16.5. The number of amidine groups is 1. The second kappa shape index (κ2) is 10.8. The standard InChI is InChI=1S/C21H26N4O3S/c1-29-19-7-5-18(6-8-19)23-20(26)15-28-24-21(22)17-4-2-3-16(13-17)14-25-9-11-27-12-10-25/h2-8,13H,9-12,14-15H2,1H3,(H2,22,24)(H,23,26). The number of oxime groups is 1. The van der Waals surface area contributed by atoms with Gasteiger partial charge in [0.15, 0.2) is 12.4 Å². The summed E-state index contributed by atoms with van der Waals surface area (Å²) in [5.41, 5.74) is 8.65. The molecule has 1 saturated heterocycles. The van der Waals surface area contributed by atoms with Crippen molar-refractivity contribution in [1.82, 2.24) is 4.90 Å². The number of benzene rings is 2. The number of hydrogen-bond acceptors (Lipinski definition) is 6. The molecule has 0 spiro atoms. The minimum Gasteiger partial charge on any atom is -0.384 e. The highest BCUT2D eigenvalue weighted by molar-refractivity contribution is 7.98. The Kier molecular flexibility index (Phi) is 7.92. The Labute approximate surface area is 175 Å². The Bertz CT molecular complexity index is 836. The van der Waals surface area contributed by atoms with Gasteiger partial charge in [0, 0.05) is 35.8 Å². The summed E-state index contributed by atoms with van der Waals surface area (Å²) in [5.74, 6) is -0.0505. The van der Waals surface area contributed by atoms with Crippen LogP contribution in [-0.2, 0) is 20.9 Å². The molecule has 0 aliphatic carbocycles. The average molecular weight is 415 g/mol. The van der Waals surface area contributed by atoms with Crippen LogP contribution in [0.4, 0.5) is 5.69 Å². The maximum Gasteiger partial charge on any atom is 0.265 e. The SMILES string of the molecule is CSc1ccc(NC(=O)CO/N=C(/N)c2cccc(CN3CCOCC3)c2)cc1. The lowest BCUT2D eigenvalue weighted by Gasteiger charge is -2.26. The Morgan fingerprint density at radius 3 is 2.72 bits per heavy atom. The average Bonchev–Trinajstić information content (AvgIpc) is 2.75. The molecule has 2 aromatic rings. The summed E-state index contributed by atoms with van der Waals surface area (Å²) in [7, 11) is 0. The van der Waals surface area contributed by atoms with E-state index in [0.717, 1.165) is 48.9 Å². The summed E-state index contributed by atoms with van der Waals surface area (Å²) < 4.78 is 5.38. The fraction of sp³-hybridized carbons (Fsp3) is 0.333. The van der Waals surface area contributed by atoms with Crippen molar-refractivity contribution in [2.45, 2.75) is 11.4 Å². The third kappa shape index (κ3) is 6.77. The fourth-order valence-electron chi connectivity index (χ4n) is 2.93. The molecule has 1 aliphatic rings. The van der Waals surface area contributed by atoms with Crippen molar-refractivity contribution in [3.05, 3.63) is 59.7 Å². The molecule has 2 aromatic carbocycles. The highest BCUT2D eigenvalue weighted by atomic mass is 32.2. The Morgan fingerprint density at radius 2 is 2.00 bits per heavy atom. The molecule has 0 bridgehead atoms. The van der Waals surface area contributed by atoms with Gasteiger partial charge in [0.1, 0.15) is 0 Å². The molecule has 0 unspecified atom stereocenters. The highest BCUT2D eigenvalue weighted by Crippen LogP contribution is 2.17. The maximum atomic E-state index is 12.0. The number of nitrogens with zero attached hydrogens (tertiary/aromatic N) is 2. The molecule has 1 aliphatic heterocycles. The van der Waals surface area contributed by atoms with E-state index in [1.54, 1.807) is 11.8 Å². The quantitative estimate of drug-likeness (QED) is 0.299. The van der Waals surface area contributed by atoms with E-state index in [0.29, 0.717) is 5.69 Å². The number of nitrogens with one attached hydrogen (secondary N) is 1. The third-order valence-electron chi connectivity index (χ3n) is 4.46. The predicted octanol–water partition coefficient (Wildman–Crippen LogP) is 2.52. The van der Waals surface area contributed by atoms with E-state index >= 15 is 0 Å². The summed E-state index contributed by atoms with van der Waals surface area (Å²) in [6.45, 7) is 4.00. The first-order valence-corrected chi connectivity index (χ1v) is 10.7. The molecule has 1 amide bonds. The minimum atomic E-state index is -0.292. The van der Waals surface area contributed by atoms with Gasteiger partial charge in [-0.25, -0.2) is 0 Å². The van der Waals surface area contributed by atoms with Gasteiger partial charge in [-0.05, 0) is 42.2 Å². The van der Waals surface area contributed by atoms with Crippen LogP contribution >= 0.6 is 11.8 Å². The van der Waals surface area contributed by atoms with Crippen LogP contribution in [0.3, 0.4) is 0 Å². The first kappa shape index (κ1) is 21.2. The molecule has 154 valence electrons. The molecular formula is C21H26N4O3S. The molecule has 3 N–H and O–H groups in total. The van der Waals surface area contributed by atoms with Gasteiger partial charge in [0.05, 0.1) is 13.2 Å². The smallest absolute Gasteiger partial charge is 0.265 e. The van der Waals surface area contributed by atoms with Crippen LogP contribution in [0.5, 0.6) is 0 Å². The van der Waals surface area contributed by atoms with Gasteiger partial charge in [-0.15, -0.1) is 11.8 Å². The van der Waals surface area contributed by atoms with Crippen LogP contribution in [0.1, 0.15) is 11.1 Å². The van der Waals surface area contributed by atoms with Crippen LogP contribution < -0.4 is 11.1 Å². The van der Waals surface area contributed by atoms with Crippen molar-refractivity contribution in [3.8, 4) is 0 Å². The zero-order chi connectivity index (χ0) is 20.5. The van der Waals surface area contributed by atoms with E-state index in [2.05, 4.69) is 21.4 Å². The summed E-state index contributed by atoms with van der Waals surface area (Å²) in [4.78, 5) is 20.6. The monoisotopic (exact) mass is 414 g/mol. The number of thioether (sulfide) groups is 1. The van der Waals surface area contributed by atoms with Gasteiger partial charge in [-0.2, -0.15) is 0 Å². The van der Waals surface area contributed by atoms with E-state index in [-0.39, 0.29) is 18.3 Å². The molecule has 7 nitrogen and oxygen atoms in total. The number of anilines is 1. The van der Waals surface area contributed by atoms with Crippen LogP contribution in [-0.4, -0.2) is 55.8 Å². The number of amides is 1. The van der Waals surface area contributed by atoms with Crippen molar-refractivity contribution in [2.75, 3.05) is 44.5 Å². The lowest BCUT2D eigenvalue weighted by atomic mass is 10.1. The Hall–Kier alpha value is -2.55. The predicted molar refractivity (Wildman–Crippen MR) is 116 cm³/mol.